The second-order valence-electron chi connectivity index (χ2n) is 4.55. The van der Waals surface area contributed by atoms with Gasteiger partial charge in [0.15, 0.2) is 0 Å². The molecule has 2 atom stereocenters. The predicted octanol–water partition coefficient (Wildman–Crippen LogP) is 2.18. The minimum absolute atomic E-state index is 0.0143. The first kappa shape index (κ1) is 13.8. The van der Waals surface area contributed by atoms with Gasteiger partial charge in [0.1, 0.15) is 5.02 Å². The van der Waals surface area contributed by atoms with Crippen LogP contribution < -0.4 is 10.6 Å². The summed E-state index contributed by atoms with van der Waals surface area (Å²) in [5.74, 6) is -0.184. The Morgan fingerprint density at radius 1 is 1.58 bits per heavy atom. The zero-order valence-electron chi connectivity index (χ0n) is 10.4. The molecule has 0 aromatic heterocycles. The van der Waals surface area contributed by atoms with Crippen molar-refractivity contribution in [2.24, 2.45) is 5.92 Å². The molecule has 0 aliphatic carbocycles. The number of nitro groups is 1. The fourth-order valence-electron chi connectivity index (χ4n) is 2.18. The topological polar surface area (TPSA) is 84.3 Å². The van der Waals surface area contributed by atoms with Crippen molar-refractivity contribution in [3.8, 4) is 0 Å². The summed E-state index contributed by atoms with van der Waals surface area (Å²) in [6, 6.07) is 4.29. The quantitative estimate of drug-likeness (QED) is 0.658. The number of nitrogens with one attached hydrogen (secondary N) is 2. The molecule has 1 aliphatic heterocycles. The lowest BCUT2D eigenvalue weighted by molar-refractivity contribution is -0.384. The number of carbonyl (C=O) groups is 1. The van der Waals surface area contributed by atoms with Crippen LogP contribution in [0.3, 0.4) is 0 Å². The summed E-state index contributed by atoms with van der Waals surface area (Å²) in [5.41, 5.74) is 0.301. The molecular weight excluding hydrogens is 270 g/mol. The standard InChI is InChI=1S/C12H14ClN3O3/c1-7-9(4-5-14-7)12(17)15-8-2-3-11(16(18)19)10(13)6-8/h2-3,6-7,9,14H,4-5H2,1H3,(H,15,17). The van der Waals surface area contributed by atoms with Crippen molar-refractivity contribution in [2.45, 2.75) is 19.4 Å². The van der Waals surface area contributed by atoms with Crippen molar-refractivity contribution in [2.75, 3.05) is 11.9 Å². The lowest BCUT2D eigenvalue weighted by atomic mass is 10.0. The first-order valence-electron chi connectivity index (χ1n) is 5.97. The fraction of sp³-hybridized carbons (Fsp3) is 0.417. The molecular formula is C12H14ClN3O3. The summed E-state index contributed by atoms with van der Waals surface area (Å²) in [6.45, 7) is 2.78. The summed E-state index contributed by atoms with van der Waals surface area (Å²) in [5, 5.41) is 16.6. The van der Waals surface area contributed by atoms with Gasteiger partial charge in [0.2, 0.25) is 5.91 Å². The first-order valence-corrected chi connectivity index (χ1v) is 6.35. The van der Waals surface area contributed by atoms with Crippen LogP contribution in [0.1, 0.15) is 13.3 Å². The Kier molecular flexibility index (Phi) is 4.01. The maximum atomic E-state index is 12.0. The van der Waals surface area contributed by atoms with Gasteiger partial charge in [-0.3, -0.25) is 14.9 Å². The molecule has 102 valence electrons. The molecule has 2 unspecified atom stereocenters. The van der Waals surface area contributed by atoms with Crippen molar-refractivity contribution in [3.05, 3.63) is 33.3 Å². The van der Waals surface area contributed by atoms with Crippen LogP contribution in [0.2, 0.25) is 5.02 Å². The van der Waals surface area contributed by atoms with Gasteiger partial charge in [-0.2, -0.15) is 0 Å². The zero-order valence-corrected chi connectivity index (χ0v) is 11.1. The molecule has 1 aromatic rings. The average molecular weight is 284 g/mol. The SMILES string of the molecule is CC1NCCC1C(=O)Nc1ccc([N+](=O)[O-])c(Cl)c1. The lowest BCUT2D eigenvalue weighted by Gasteiger charge is -2.15. The third-order valence-corrected chi connectivity index (χ3v) is 3.58. The van der Waals surface area contributed by atoms with Crippen LogP contribution in [0.25, 0.3) is 0 Å². The van der Waals surface area contributed by atoms with E-state index in [-0.39, 0.29) is 28.6 Å². The van der Waals surface area contributed by atoms with E-state index in [0.717, 1.165) is 13.0 Å². The summed E-state index contributed by atoms with van der Waals surface area (Å²) in [7, 11) is 0. The highest BCUT2D eigenvalue weighted by atomic mass is 35.5. The van der Waals surface area contributed by atoms with Gasteiger partial charge in [0.05, 0.1) is 10.8 Å². The van der Waals surface area contributed by atoms with E-state index in [1.165, 1.54) is 18.2 Å². The smallest absolute Gasteiger partial charge is 0.288 e. The van der Waals surface area contributed by atoms with E-state index in [4.69, 9.17) is 11.6 Å². The number of amides is 1. The number of rotatable bonds is 3. The Morgan fingerprint density at radius 2 is 2.32 bits per heavy atom. The van der Waals surface area contributed by atoms with E-state index in [0.29, 0.717) is 5.69 Å². The number of halogens is 1. The van der Waals surface area contributed by atoms with E-state index >= 15 is 0 Å². The average Bonchev–Trinajstić information content (AvgIpc) is 2.75. The van der Waals surface area contributed by atoms with E-state index in [1.807, 2.05) is 6.92 Å². The minimum atomic E-state index is -0.559. The fourth-order valence-corrected chi connectivity index (χ4v) is 2.43. The van der Waals surface area contributed by atoms with Crippen LogP contribution in [0, 0.1) is 16.0 Å². The number of hydrogen-bond acceptors (Lipinski definition) is 4. The summed E-state index contributed by atoms with van der Waals surface area (Å²) in [6.07, 6.45) is 0.785. The monoisotopic (exact) mass is 283 g/mol. The second-order valence-corrected chi connectivity index (χ2v) is 4.96. The lowest BCUT2D eigenvalue weighted by Crippen LogP contribution is -2.32. The summed E-state index contributed by atoms with van der Waals surface area (Å²) < 4.78 is 0. The zero-order chi connectivity index (χ0) is 14.0. The molecule has 2 N–H and O–H groups in total. The maximum Gasteiger partial charge on any atom is 0.288 e. The number of nitrogens with zero attached hydrogens (tertiary/aromatic N) is 1. The molecule has 1 aliphatic rings. The number of anilines is 1. The van der Waals surface area contributed by atoms with E-state index in [9.17, 15) is 14.9 Å². The molecule has 7 heteroatoms. The van der Waals surface area contributed by atoms with Gasteiger partial charge in [-0.15, -0.1) is 0 Å². The van der Waals surface area contributed by atoms with E-state index < -0.39 is 4.92 Å². The van der Waals surface area contributed by atoms with Gasteiger partial charge in [-0.05, 0) is 32.0 Å². The van der Waals surface area contributed by atoms with Crippen molar-refractivity contribution in [1.29, 1.82) is 0 Å². The molecule has 1 saturated heterocycles. The molecule has 0 saturated carbocycles. The maximum absolute atomic E-state index is 12.0. The van der Waals surface area contributed by atoms with Crippen LogP contribution in [0.15, 0.2) is 18.2 Å². The molecule has 1 heterocycles. The van der Waals surface area contributed by atoms with Gasteiger partial charge < -0.3 is 10.6 Å². The van der Waals surface area contributed by atoms with Crippen molar-refractivity contribution in [3.63, 3.8) is 0 Å². The number of carbonyl (C=O) groups excluding carboxylic acids is 1. The Bertz CT molecular complexity index is 521. The van der Waals surface area contributed by atoms with Crippen molar-refractivity contribution >= 4 is 28.9 Å². The van der Waals surface area contributed by atoms with Crippen molar-refractivity contribution in [1.82, 2.24) is 5.32 Å². The first-order chi connectivity index (χ1) is 8.99. The third-order valence-electron chi connectivity index (χ3n) is 3.27. The van der Waals surface area contributed by atoms with Crippen molar-refractivity contribution < 1.29 is 9.72 Å². The molecule has 6 nitrogen and oxygen atoms in total. The normalized spacial score (nSPS) is 22.2. The van der Waals surface area contributed by atoms with Crippen LogP contribution in [-0.2, 0) is 4.79 Å². The highest BCUT2D eigenvalue weighted by Gasteiger charge is 2.29. The van der Waals surface area contributed by atoms with Crippen LogP contribution >= 0.6 is 11.6 Å². The Morgan fingerprint density at radius 3 is 2.84 bits per heavy atom. The van der Waals surface area contributed by atoms with Crippen LogP contribution in [0.4, 0.5) is 11.4 Å². The molecule has 19 heavy (non-hydrogen) atoms. The largest absolute Gasteiger partial charge is 0.326 e. The Balaban J connectivity index is 2.09. The highest BCUT2D eigenvalue weighted by molar-refractivity contribution is 6.33. The molecule has 0 radical (unpaired) electrons. The Hall–Kier alpha value is -1.66. The number of nitro benzene ring substituents is 1. The predicted molar refractivity (Wildman–Crippen MR) is 72.3 cm³/mol. The summed E-state index contributed by atoms with van der Waals surface area (Å²) in [4.78, 5) is 22.1. The van der Waals surface area contributed by atoms with E-state index in [2.05, 4.69) is 10.6 Å². The van der Waals surface area contributed by atoms with Gasteiger partial charge in [0, 0.05) is 17.8 Å². The summed E-state index contributed by atoms with van der Waals surface area (Å²) >= 11 is 5.79. The van der Waals surface area contributed by atoms with Gasteiger partial charge in [-0.1, -0.05) is 11.6 Å². The molecule has 0 bridgehead atoms. The molecule has 1 fully saturated rings. The van der Waals surface area contributed by atoms with Crippen LogP contribution in [0.5, 0.6) is 0 Å². The molecule has 0 spiro atoms. The highest BCUT2D eigenvalue weighted by Crippen LogP contribution is 2.28. The number of hydrogen-bond donors (Lipinski definition) is 2. The minimum Gasteiger partial charge on any atom is -0.326 e. The molecule has 1 aromatic carbocycles. The van der Waals surface area contributed by atoms with E-state index in [1.54, 1.807) is 0 Å². The third kappa shape index (κ3) is 3.02. The van der Waals surface area contributed by atoms with Gasteiger partial charge >= 0.3 is 0 Å². The molecule has 1 amide bonds. The van der Waals surface area contributed by atoms with Gasteiger partial charge in [0.25, 0.3) is 5.69 Å². The second kappa shape index (κ2) is 5.54. The molecule has 2 rings (SSSR count). The van der Waals surface area contributed by atoms with Gasteiger partial charge in [-0.25, -0.2) is 0 Å². The van der Waals surface area contributed by atoms with Crippen LogP contribution in [-0.4, -0.2) is 23.4 Å². The Labute approximate surface area is 115 Å². The number of benzene rings is 1.